The van der Waals surface area contributed by atoms with Crippen LogP contribution < -0.4 is 25.0 Å². The second-order valence-corrected chi connectivity index (χ2v) is 7.20. The Balaban J connectivity index is 0.00000341. The lowest BCUT2D eigenvalue weighted by Crippen LogP contribution is -2.41. The van der Waals surface area contributed by atoms with Gasteiger partial charge in [-0.15, -0.1) is 24.0 Å². The highest BCUT2D eigenvalue weighted by Crippen LogP contribution is 2.26. The van der Waals surface area contributed by atoms with E-state index in [1.165, 1.54) is 11.3 Å². The maximum atomic E-state index is 6.01. The van der Waals surface area contributed by atoms with E-state index in [-0.39, 0.29) is 30.1 Å². The van der Waals surface area contributed by atoms with Gasteiger partial charge in [-0.2, -0.15) is 0 Å². The van der Waals surface area contributed by atoms with Gasteiger partial charge in [-0.25, -0.2) is 4.99 Å². The Hall–Kier alpha value is -2.42. The largest absolute Gasteiger partial charge is 0.493 e. The van der Waals surface area contributed by atoms with Crippen LogP contribution in [0.3, 0.4) is 0 Å². The molecular formula is C24H33IN4O2. The van der Waals surface area contributed by atoms with Crippen molar-refractivity contribution in [1.29, 1.82) is 0 Å². The Morgan fingerprint density at radius 1 is 1.03 bits per heavy atom. The smallest absolute Gasteiger partial charge is 0.191 e. The fourth-order valence-corrected chi connectivity index (χ4v) is 3.23. The molecule has 0 bridgehead atoms. The maximum absolute atomic E-state index is 6.01. The maximum Gasteiger partial charge on any atom is 0.191 e. The summed E-state index contributed by atoms with van der Waals surface area (Å²) < 4.78 is 11.4. The summed E-state index contributed by atoms with van der Waals surface area (Å²) in [6, 6.07) is 16.3. The molecule has 3 rings (SSSR count). The SMILES string of the molecule is CCNC(=NCc1ccc(N2CC=CC2)cc1)NCC(C)Oc1ccccc1OC.I. The number of methoxy groups -OCH3 is 1. The van der Waals surface area contributed by atoms with Crippen LogP contribution in [0.25, 0.3) is 0 Å². The lowest BCUT2D eigenvalue weighted by molar-refractivity contribution is 0.213. The van der Waals surface area contributed by atoms with E-state index >= 15 is 0 Å². The van der Waals surface area contributed by atoms with Crippen molar-refractivity contribution < 1.29 is 9.47 Å². The molecule has 1 heterocycles. The van der Waals surface area contributed by atoms with Crippen molar-refractivity contribution >= 4 is 35.6 Å². The van der Waals surface area contributed by atoms with Crippen LogP contribution in [0.15, 0.2) is 65.7 Å². The van der Waals surface area contributed by atoms with Crippen molar-refractivity contribution in [2.24, 2.45) is 4.99 Å². The zero-order chi connectivity index (χ0) is 21.2. The summed E-state index contributed by atoms with van der Waals surface area (Å²) in [4.78, 5) is 7.05. The molecule has 0 spiro atoms. The van der Waals surface area contributed by atoms with E-state index in [0.717, 1.165) is 37.1 Å². The van der Waals surface area contributed by atoms with E-state index in [9.17, 15) is 0 Å². The van der Waals surface area contributed by atoms with Gasteiger partial charge >= 0.3 is 0 Å². The molecule has 31 heavy (non-hydrogen) atoms. The summed E-state index contributed by atoms with van der Waals surface area (Å²) in [6.45, 7) is 8.11. The van der Waals surface area contributed by atoms with Gasteiger partial charge in [-0.1, -0.05) is 36.4 Å². The number of para-hydroxylation sites is 2. The van der Waals surface area contributed by atoms with E-state index in [1.54, 1.807) is 7.11 Å². The quantitative estimate of drug-likeness (QED) is 0.218. The van der Waals surface area contributed by atoms with Crippen molar-refractivity contribution in [3.05, 3.63) is 66.2 Å². The molecular weight excluding hydrogens is 503 g/mol. The van der Waals surface area contributed by atoms with Crippen molar-refractivity contribution in [1.82, 2.24) is 10.6 Å². The molecule has 1 aliphatic rings. The molecule has 0 amide bonds. The number of rotatable bonds is 9. The van der Waals surface area contributed by atoms with Crippen LogP contribution >= 0.6 is 24.0 Å². The Kier molecular flexibility index (Phi) is 10.5. The molecule has 0 fully saturated rings. The van der Waals surface area contributed by atoms with E-state index in [2.05, 4.69) is 58.9 Å². The molecule has 1 unspecified atom stereocenters. The fourth-order valence-electron chi connectivity index (χ4n) is 3.23. The highest BCUT2D eigenvalue weighted by Gasteiger charge is 2.10. The number of nitrogens with one attached hydrogen (secondary N) is 2. The molecule has 2 aromatic rings. The molecule has 6 nitrogen and oxygen atoms in total. The minimum atomic E-state index is -0.0430. The zero-order valence-electron chi connectivity index (χ0n) is 18.5. The first-order valence-corrected chi connectivity index (χ1v) is 10.5. The highest BCUT2D eigenvalue weighted by molar-refractivity contribution is 14.0. The summed E-state index contributed by atoms with van der Waals surface area (Å²) in [5.41, 5.74) is 2.43. The average Bonchev–Trinajstić information content (AvgIpc) is 3.31. The van der Waals surface area contributed by atoms with Gasteiger partial charge in [0.2, 0.25) is 0 Å². The summed E-state index contributed by atoms with van der Waals surface area (Å²) >= 11 is 0. The van der Waals surface area contributed by atoms with Crippen molar-refractivity contribution in [3.8, 4) is 11.5 Å². The second kappa shape index (κ2) is 13.1. The molecule has 0 saturated carbocycles. The topological polar surface area (TPSA) is 58.1 Å². The normalized spacial score (nSPS) is 14.0. The van der Waals surface area contributed by atoms with Crippen molar-refractivity contribution in [3.63, 3.8) is 0 Å². The van der Waals surface area contributed by atoms with E-state index in [0.29, 0.717) is 13.1 Å². The minimum Gasteiger partial charge on any atom is -0.493 e. The van der Waals surface area contributed by atoms with E-state index in [4.69, 9.17) is 14.5 Å². The third-order valence-corrected chi connectivity index (χ3v) is 4.84. The molecule has 2 aromatic carbocycles. The first-order chi connectivity index (χ1) is 14.7. The van der Waals surface area contributed by atoms with Gasteiger partial charge in [0.25, 0.3) is 0 Å². The number of nitrogens with zero attached hydrogens (tertiary/aromatic N) is 2. The van der Waals surface area contributed by atoms with Crippen LogP contribution in [0.2, 0.25) is 0 Å². The molecule has 0 aliphatic carbocycles. The molecule has 0 saturated heterocycles. The summed E-state index contributed by atoms with van der Waals surface area (Å²) in [6.07, 6.45) is 4.36. The van der Waals surface area contributed by atoms with Crippen LogP contribution in [-0.2, 0) is 6.54 Å². The van der Waals surface area contributed by atoms with Crippen molar-refractivity contribution in [2.75, 3.05) is 38.2 Å². The van der Waals surface area contributed by atoms with Crippen LogP contribution in [0.4, 0.5) is 5.69 Å². The first-order valence-electron chi connectivity index (χ1n) is 10.5. The summed E-state index contributed by atoms with van der Waals surface area (Å²) in [5, 5.41) is 6.65. The van der Waals surface area contributed by atoms with Gasteiger partial charge < -0.3 is 25.0 Å². The molecule has 1 atom stereocenters. The Morgan fingerprint density at radius 2 is 1.71 bits per heavy atom. The van der Waals surface area contributed by atoms with E-state index in [1.807, 2.05) is 31.2 Å². The number of benzene rings is 2. The molecule has 1 aliphatic heterocycles. The summed E-state index contributed by atoms with van der Waals surface area (Å²) in [5.74, 6) is 2.25. The Labute approximate surface area is 202 Å². The van der Waals surface area contributed by atoms with Crippen molar-refractivity contribution in [2.45, 2.75) is 26.5 Å². The molecule has 0 aromatic heterocycles. The molecule has 7 heteroatoms. The molecule has 168 valence electrons. The predicted molar refractivity (Wildman–Crippen MR) is 139 cm³/mol. The Bertz CT molecular complexity index is 847. The predicted octanol–water partition coefficient (Wildman–Crippen LogP) is 4.21. The van der Waals surface area contributed by atoms with Gasteiger partial charge in [0.15, 0.2) is 17.5 Å². The second-order valence-electron chi connectivity index (χ2n) is 7.20. The van der Waals surface area contributed by atoms with Crippen LogP contribution in [0.5, 0.6) is 11.5 Å². The number of hydrogen-bond acceptors (Lipinski definition) is 4. The summed E-state index contributed by atoms with van der Waals surface area (Å²) in [7, 11) is 1.65. The number of ether oxygens (including phenoxy) is 2. The van der Waals surface area contributed by atoms with Crippen LogP contribution in [0, 0.1) is 0 Å². The van der Waals surface area contributed by atoms with Gasteiger partial charge in [0, 0.05) is 25.3 Å². The number of anilines is 1. The van der Waals surface area contributed by atoms with Gasteiger partial charge in [0.05, 0.1) is 20.2 Å². The van der Waals surface area contributed by atoms with Gasteiger partial charge in [0.1, 0.15) is 6.10 Å². The first kappa shape index (κ1) is 24.8. The zero-order valence-corrected chi connectivity index (χ0v) is 20.8. The monoisotopic (exact) mass is 536 g/mol. The minimum absolute atomic E-state index is 0. The molecule has 2 N–H and O–H groups in total. The average molecular weight is 536 g/mol. The third-order valence-electron chi connectivity index (χ3n) is 4.84. The van der Waals surface area contributed by atoms with Crippen LogP contribution in [-0.4, -0.2) is 45.4 Å². The van der Waals surface area contributed by atoms with E-state index < -0.39 is 0 Å². The number of hydrogen-bond donors (Lipinski definition) is 2. The lowest BCUT2D eigenvalue weighted by Gasteiger charge is -2.19. The molecule has 0 radical (unpaired) electrons. The lowest BCUT2D eigenvalue weighted by atomic mass is 10.2. The van der Waals surface area contributed by atoms with Crippen LogP contribution in [0.1, 0.15) is 19.4 Å². The highest BCUT2D eigenvalue weighted by atomic mass is 127. The Morgan fingerprint density at radius 3 is 2.35 bits per heavy atom. The third kappa shape index (κ3) is 7.65. The van der Waals surface area contributed by atoms with Gasteiger partial charge in [-0.3, -0.25) is 0 Å². The fraction of sp³-hybridized carbons (Fsp3) is 0.375. The number of aliphatic imine (C=N–C) groups is 1. The van der Waals surface area contributed by atoms with Gasteiger partial charge in [-0.05, 0) is 43.7 Å². The number of halogens is 1. The number of guanidine groups is 1. The standard InChI is InChI=1S/C24H32N4O2.HI/c1-4-25-24(26-17-19(2)30-23-10-6-5-9-22(23)29-3)27-18-20-11-13-21(14-12-20)28-15-7-8-16-28;/h5-14,19H,4,15-18H2,1-3H3,(H2,25,26,27);1H.